The number of phenols is 1. The SMILES string of the molecule is Cc1cc(C(=O)N2CCOC(CBr)C2)ccc1O. The van der Waals surface area contributed by atoms with E-state index in [1.165, 1.54) is 0 Å². The molecule has 18 heavy (non-hydrogen) atoms. The molecule has 5 heteroatoms. The molecule has 1 saturated heterocycles. The number of hydrogen-bond donors (Lipinski definition) is 1. The Labute approximate surface area is 115 Å². The largest absolute Gasteiger partial charge is 0.508 e. The summed E-state index contributed by atoms with van der Waals surface area (Å²) in [5.74, 6) is 0.208. The van der Waals surface area contributed by atoms with Crippen molar-refractivity contribution in [1.82, 2.24) is 4.90 Å². The Balaban J connectivity index is 2.12. The second kappa shape index (κ2) is 5.71. The van der Waals surface area contributed by atoms with E-state index in [9.17, 15) is 9.90 Å². The molecule has 0 aromatic heterocycles. The molecule has 1 aliphatic rings. The predicted octanol–water partition coefficient (Wildman–Crippen LogP) is 1.94. The van der Waals surface area contributed by atoms with Gasteiger partial charge in [-0.3, -0.25) is 4.79 Å². The number of benzene rings is 1. The summed E-state index contributed by atoms with van der Waals surface area (Å²) in [4.78, 5) is 14.1. The number of rotatable bonds is 2. The van der Waals surface area contributed by atoms with Crippen LogP contribution in [-0.2, 0) is 4.74 Å². The summed E-state index contributed by atoms with van der Waals surface area (Å²) >= 11 is 3.37. The Bertz CT molecular complexity index is 450. The van der Waals surface area contributed by atoms with Crippen LogP contribution in [0.5, 0.6) is 5.75 Å². The minimum Gasteiger partial charge on any atom is -0.508 e. The van der Waals surface area contributed by atoms with Gasteiger partial charge in [0, 0.05) is 24.0 Å². The van der Waals surface area contributed by atoms with Crippen molar-refractivity contribution in [2.75, 3.05) is 25.0 Å². The van der Waals surface area contributed by atoms with E-state index >= 15 is 0 Å². The Morgan fingerprint density at radius 3 is 3.06 bits per heavy atom. The van der Waals surface area contributed by atoms with Gasteiger partial charge < -0.3 is 14.7 Å². The molecule has 1 aromatic carbocycles. The van der Waals surface area contributed by atoms with Gasteiger partial charge in [0.25, 0.3) is 5.91 Å². The lowest BCUT2D eigenvalue weighted by molar-refractivity contribution is -0.00965. The van der Waals surface area contributed by atoms with Crippen LogP contribution in [-0.4, -0.2) is 47.0 Å². The molecule has 1 aliphatic heterocycles. The van der Waals surface area contributed by atoms with Gasteiger partial charge in [0.05, 0.1) is 12.7 Å². The highest BCUT2D eigenvalue weighted by Crippen LogP contribution is 2.19. The highest BCUT2D eigenvalue weighted by Gasteiger charge is 2.24. The molecule has 0 spiro atoms. The maximum absolute atomic E-state index is 12.3. The zero-order valence-corrected chi connectivity index (χ0v) is 11.8. The number of carbonyl (C=O) groups is 1. The lowest BCUT2D eigenvalue weighted by atomic mass is 10.1. The van der Waals surface area contributed by atoms with Crippen LogP contribution in [0.25, 0.3) is 0 Å². The van der Waals surface area contributed by atoms with Gasteiger partial charge >= 0.3 is 0 Å². The second-order valence-corrected chi connectivity index (χ2v) is 5.05. The molecular weight excluding hydrogens is 298 g/mol. The van der Waals surface area contributed by atoms with E-state index in [4.69, 9.17) is 4.74 Å². The molecular formula is C13H16BrNO3. The third-order valence-corrected chi connectivity index (χ3v) is 3.76. The van der Waals surface area contributed by atoms with Crippen LogP contribution < -0.4 is 0 Å². The maximum Gasteiger partial charge on any atom is 0.254 e. The first-order valence-electron chi connectivity index (χ1n) is 5.88. The normalized spacial score (nSPS) is 19.9. The number of phenolic OH excluding ortho intramolecular Hbond substituents is 1. The topological polar surface area (TPSA) is 49.8 Å². The van der Waals surface area contributed by atoms with Gasteiger partial charge in [0.2, 0.25) is 0 Å². The van der Waals surface area contributed by atoms with E-state index in [0.29, 0.717) is 30.8 Å². The summed E-state index contributed by atoms with van der Waals surface area (Å²) in [5, 5.41) is 10.2. The summed E-state index contributed by atoms with van der Waals surface area (Å²) in [6.07, 6.45) is 0.0564. The Morgan fingerprint density at radius 1 is 1.61 bits per heavy atom. The monoisotopic (exact) mass is 313 g/mol. The molecule has 1 unspecified atom stereocenters. The molecule has 1 aromatic rings. The van der Waals surface area contributed by atoms with Crippen LogP contribution in [0, 0.1) is 6.92 Å². The van der Waals surface area contributed by atoms with Crippen molar-refractivity contribution in [3.8, 4) is 5.75 Å². The fourth-order valence-electron chi connectivity index (χ4n) is 1.97. The number of hydrogen-bond acceptors (Lipinski definition) is 3. The number of amides is 1. The Kier molecular flexibility index (Phi) is 4.24. The van der Waals surface area contributed by atoms with Crippen LogP contribution in [0.3, 0.4) is 0 Å². The molecule has 4 nitrogen and oxygen atoms in total. The first-order chi connectivity index (χ1) is 8.61. The average molecular weight is 314 g/mol. The molecule has 0 aliphatic carbocycles. The van der Waals surface area contributed by atoms with Crippen LogP contribution >= 0.6 is 15.9 Å². The highest BCUT2D eigenvalue weighted by molar-refractivity contribution is 9.09. The van der Waals surface area contributed by atoms with Crippen LogP contribution in [0.2, 0.25) is 0 Å². The lowest BCUT2D eigenvalue weighted by Gasteiger charge is -2.32. The highest BCUT2D eigenvalue weighted by atomic mass is 79.9. The summed E-state index contributed by atoms with van der Waals surface area (Å²) in [6.45, 7) is 3.57. The molecule has 0 radical (unpaired) electrons. The average Bonchev–Trinajstić information content (AvgIpc) is 2.41. The first kappa shape index (κ1) is 13.4. The molecule has 1 fully saturated rings. The van der Waals surface area contributed by atoms with Crippen molar-refractivity contribution >= 4 is 21.8 Å². The summed E-state index contributed by atoms with van der Waals surface area (Å²) < 4.78 is 5.51. The van der Waals surface area contributed by atoms with E-state index in [0.717, 1.165) is 5.33 Å². The number of carbonyl (C=O) groups excluding carboxylic acids is 1. The number of aryl methyl sites for hydroxylation is 1. The van der Waals surface area contributed by atoms with Crippen molar-refractivity contribution < 1.29 is 14.6 Å². The van der Waals surface area contributed by atoms with Crippen LogP contribution in [0.4, 0.5) is 0 Å². The predicted molar refractivity (Wildman–Crippen MR) is 72.3 cm³/mol. The first-order valence-corrected chi connectivity index (χ1v) is 7.00. The molecule has 2 rings (SSSR count). The van der Waals surface area contributed by atoms with Gasteiger partial charge in [-0.1, -0.05) is 15.9 Å². The molecule has 1 N–H and O–H groups in total. The number of alkyl halides is 1. The molecule has 1 amide bonds. The van der Waals surface area contributed by atoms with E-state index in [-0.39, 0.29) is 17.8 Å². The van der Waals surface area contributed by atoms with Gasteiger partial charge in [-0.05, 0) is 30.7 Å². The zero-order valence-electron chi connectivity index (χ0n) is 10.2. The Hall–Kier alpha value is -1.07. The summed E-state index contributed by atoms with van der Waals surface area (Å²) in [7, 11) is 0. The fraction of sp³-hybridized carbons (Fsp3) is 0.462. The summed E-state index contributed by atoms with van der Waals surface area (Å²) in [6, 6.07) is 4.94. The Morgan fingerprint density at radius 2 is 2.39 bits per heavy atom. The zero-order chi connectivity index (χ0) is 13.1. The third-order valence-electron chi connectivity index (χ3n) is 3.04. The summed E-state index contributed by atoms with van der Waals surface area (Å²) in [5.41, 5.74) is 1.33. The van der Waals surface area contributed by atoms with Gasteiger partial charge in [0.15, 0.2) is 0 Å². The minimum atomic E-state index is -0.00708. The second-order valence-electron chi connectivity index (χ2n) is 4.40. The van der Waals surface area contributed by atoms with Gasteiger partial charge in [-0.2, -0.15) is 0 Å². The van der Waals surface area contributed by atoms with Crippen molar-refractivity contribution in [3.05, 3.63) is 29.3 Å². The van der Waals surface area contributed by atoms with E-state index < -0.39 is 0 Å². The lowest BCUT2D eigenvalue weighted by Crippen LogP contribution is -2.46. The van der Waals surface area contributed by atoms with Crippen molar-refractivity contribution in [2.24, 2.45) is 0 Å². The number of ether oxygens (including phenoxy) is 1. The number of morpholine rings is 1. The number of nitrogens with zero attached hydrogens (tertiary/aromatic N) is 1. The molecule has 98 valence electrons. The van der Waals surface area contributed by atoms with Crippen LogP contribution in [0.1, 0.15) is 15.9 Å². The van der Waals surface area contributed by atoms with Crippen molar-refractivity contribution in [1.29, 1.82) is 0 Å². The fourth-order valence-corrected chi connectivity index (χ4v) is 2.36. The maximum atomic E-state index is 12.3. The van der Waals surface area contributed by atoms with Gasteiger partial charge in [0.1, 0.15) is 5.75 Å². The smallest absolute Gasteiger partial charge is 0.254 e. The van der Waals surface area contributed by atoms with Gasteiger partial charge in [-0.15, -0.1) is 0 Å². The van der Waals surface area contributed by atoms with Crippen molar-refractivity contribution in [2.45, 2.75) is 13.0 Å². The van der Waals surface area contributed by atoms with E-state index in [2.05, 4.69) is 15.9 Å². The van der Waals surface area contributed by atoms with E-state index in [1.807, 2.05) is 0 Å². The quantitative estimate of drug-likeness (QED) is 0.849. The van der Waals surface area contributed by atoms with Crippen LogP contribution in [0.15, 0.2) is 18.2 Å². The molecule has 0 bridgehead atoms. The minimum absolute atomic E-state index is 0.00708. The molecule has 0 saturated carbocycles. The van der Waals surface area contributed by atoms with Crippen molar-refractivity contribution in [3.63, 3.8) is 0 Å². The van der Waals surface area contributed by atoms with Gasteiger partial charge in [-0.25, -0.2) is 0 Å². The third kappa shape index (κ3) is 2.84. The molecule has 1 atom stereocenters. The molecule has 1 heterocycles. The van der Waals surface area contributed by atoms with E-state index in [1.54, 1.807) is 30.0 Å². The number of halogens is 1. The standard InChI is InChI=1S/C13H16BrNO3/c1-9-6-10(2-3-12(9)16)13(17)15-4-5-18-11(7-14)8-15/h2-3,6,11,16H,4-5,7-8H2,1H3. The number of aromatic hydroxyl groups is 1.